The second-order valence-electron chi connectivity index (χ2n) is 10.6. The molecule has 0 radical (unpaired) electrons. The van der Waals surface area contributed by atoms with Gasteiger partial charge in [0.15, 0.2) is 0 Å². The summed E-state index contributed by atoms with van der Waals surface area (Å²) in [5, 5.41) is 10.2. The summed E-state index contributed by atoms with van der Waals surface area (Å²) in [6.45, 7) is 8.72. The molecule has 4 fully saturated rings. The summed E-state index contributed by atoms with van der Waals surface area (Å²) in [4.78, 5) is 11.5. The van der Waals surface area contributed by atoms with Crippen molar-refractivity contribution in [3.63, 3.8) is 0 Å². The zero-order valence-corrected chi connectivity index (χ0v) is 17.2. The molecule has 4 aliphatic carbocycles. The van der Waals surface area contributed by atoms with E-state index in [1.807, 2.05) is 0 Å². The fourth-order valence-electron chi connectivity index (χ4n) is 8.39. The molecule has 9 atom stereocenters. The first-order valence-corrected chi connectivity index (χ1v) is 11.1. The van der Waals surface area contributed by atoms with Crippen LogP contribution in [0.25, 0.3) is 0 Å². The molecule has 4 saturated carbocycles. The number of carbonyl (C=O) groups excluding carboxylic acids is 1. The van der Waals surface area contributed by atoms with Crippen LogP contribution in [-0.2, 0) is 9.53 Å². The summed E-state index contributed by atoms with van der Waals surface area (Å²) in [5.74, 6) is 3.61. The van der Waals surface area contributed by atoms with Gasteiger partial charge in [-0.2, -0.15) is 0 Å². The van der Waals surface area contributed by atoms with Crippen molar-refractivity contribution in [2.45, 2.75) is 97.7 Å². The van der Waals surface area contributed by atoms with Gasteiger partial charge in [0.1, 0.15) is 6.10 Å². The van der Waals surface area contributed by atoms with Crippen LogP contribution in [0.2, 0.25) is 0 Å². The molecule has 0 saturated heterocycles. The Balaban J connectivity index is 1.55. The van der Waals surface area contributed by atoms with Crippen molar-refractivity contribution >= 4 is 5.97 Å². The largest absolute Gasteiger partial charge is 0.463 e. The van der Waals surface area contributed by atoms with Crippen LogP contribution in [0.1, 0.15) is 85.5 Å². The third-order valence-electron chi connectivity index (χ3n) is 9.63. The van der Waals surface area contributed by atoms with Gasteiger partial charge in [-0.3, -0.25) is 4.79 Å². The number of aliphatic hydroxyl groups excluding tert-OH is 1. The molecule has 0 bridgehead atoms. The van der Waals surface area contributed by atoms with Crippen LogP contribution in [0, 0.1) is 40.4 Å². The molecule has 0 aliphatic heterocycles. The Bertz CT molecular complexity index is 560. The Morgan fingerprint density at radius 2 is 1.69 bits per heavy atom. The van der Waals surface area contributed by atoms with Crippen molar-refractivity contribution < 1.29 is 14.6 Å². The summed E-state index contributed by atoms with van der Waals surface area (Å²) < 4.78 is 5.64. The first-order chi connectivity index (χ1) is 12.3. The third kappa shape index (κ3) is 2.75. The predicted molar refractivity (Wildman–Crippen MR) is 102 cm³/mol. The maximum atomic E-state index is 11.5. The summed E-state index contributed by atoms with van der Waals surface area (Å²) in [6.07, 6.45) is 11.1. The molecule has 4 aliphatic rings. The number of carbonyl (C=O) groups is 1. The Morgan fingerprint density at radius 3 is 2.42 bits per heavy atom. The van der Waals surface area contributed by atoms with Gasteiger partial charge in [0, 0.05) is 12.8 Å². The van der Waals surface area contributed by atoms with E-state index in [-0.39, 0.29) is 18.2 Å². The Labute approximate surface area is 159 Å². The van der Waals surface area contributed by atoms with Crippen LogP contribution < -0.4 is 0 Å². The van der Waals surface area contributed by atoms with Crippen molar-refractivity contribution in [2.24, 2.45) is 40.4 Å². The van der Waals surface area contributed by atoms with E-state index < -0.39 is 0 Å². The van der Waals surface area contributed by atoms with Crippen LogP contribution in [-0.4, -0.2) is 23.3 Å². The minimum atomic E-state index is -0.132. The summed E-state index contributed by atoms with van der Waals surface area (Å²) in [6, 6.07) is 0. The molecule has 148 valence electrons. The van der Waals surface area contributed by atoms with Crippen molar-refractivity contribution in [3.05, 3.63) is 0 Å². The number of esters is 1. The molecule has 0 unspecified atom stereocenters. The normalized spacial score (nSPS) is 51.7. The van der Waals surface area contributed by atoms with Crippen LogP contribution in [0.3, 0.4) is 0 Å². The monoisotopic (exact) mass is 362 g/mol. The lowest BCUT2D eigenvalue weighted by atomic mass is 9.44. The number of rotatable bonds is 2. The quantitative estimate of drug-likeness (QED) is 0.706. The lowest BCUT2D eigenvalue weighted by molar-refractivity contribution is -0.156. The minimum Gasteiger partial charge on any atom is -0.463 e. The van der Waals surface area contributed by atoms with E-state index in [4.69, 9.17) is 4.74 Å². The van der Waals surface area contributed by atoms with E-state index in [0.29, 0.717) is 16.7 Å². The van der Waals surface area contributed by atoms with E-state index in [1.54, 1.807) is 6.92 Å². The highest BCUT2D eigenvalue weighted by Crippen LogP contribution is 2.67. The topological polar surface area (TPSA) is 46.5 Å². The number of hydrogen-bond acceptors (Lipinski definition) is 3. The highest BCUT2D eigenvalue weighted by atomic mass is 16.5. The molecule has 3 nitrogen and oxygen atoms in total. The van der Waals surface area contributed by atoms with E-state index in [2.05, 4.69) is 20.8 Å². The standard InChI is InChI=1S/C23H38O3/c1-14(26-15(2)24)19-7-8-20-18-6-5-16-13-17(25)9-11-22(16,3)21(18)10-12-23(19,20)4/h14,16-21,25H,5-13H2,1-4H3/t14-,16+,17+,18-,19+,20-,21-,22+,23-/m1/s1. The fourth-order valence-corrected chi connectivity index (χ4v) is 8.39. The molecule has 0 aromatic heterocycles. The second kappa shape index (κ2) is 6.50. The Kier molecular flexibility index (Phi) is 4.69. The first-order valence-electron chi connectivity index (χ1n) is 11.1. The van der Waals surface area contributed by atoms with E-state index in [9.17, 15) is 9.90 Å². The molecule has 0 aromatic carbocycles. The predicted octanol–water partition coefficient (Wildman–Crippen LogP) is 4.96. The second-order valence-corrected chi connectivity index (χ2v) is 10.6. The van der Waals surface area contributed by atoms with Gasteiger partial charge in [-0.15, -0.1) is 0 Å². The van der Waals surface area contributed by atoms with Crippen molar-refractivity contribution in [1.82, 2.24) is 0 Å². The van der Waals surface area contributed by atoms with Crippen LogP contribution in [0.15, 0.2) is 0 Å². The Hall–Kier alpha value is -0.570. The zero-order chi connectivity index (χ0) is 18.7. The van der Waals surface area contributed by atoms with Gasteiger partial charge in [-0.1, -0.05) is 13.8 Å². The molecule has 3 heteroatoms. The van der Waals surface area contributed by atoms with E-state index >= 15 is 0 Å². The first kappa shape index (κ1) is 18.8. The van der Waals surface area contributed by atoms with Gasteiger partial charge in [0.2, 0.25) is 0 Å². The third-order valence-corrected chi connectivity index (χ3v) is 9.63. The number of fused-ring (bicyclic) bond motifs is 5. The van der Waals surface area contributed by atoms with E-state index in [0.717, 1.165) is 36.5 Å². The molecule has 0 spiro atoms. The maximum absolute atomic E-state index is 11.5. The number of hydrogen-bond donors (Lipinski definition) is 1. The molecule has 0 heterocycles. The average Bonchev–Trinajstić information content (AvgIpc) is 2.92. The van der Waals surface area contributed by atoms with Crippen molar-refractivity contribution in [1.29, 1.82) is 0 Å². The summed E-state index contributed by atoms with van der Waals surface area (Å²) >= 11 is 0. The summed E-state index contributed by atoms with van der Waals surface area (Å²) in [5.41, 5.74) is 0.788. The number of ether oxygens (including phenoxy) is 1. The molecule has 0 amide bonds. The zero-order valence-electron chi connectivity index (χ0n) is 17.2. The molecule has 26 heavy (non-hydrogen) atoms. The molecular formula is C23H38O3. The van der Waals surface area contributed by atoms with Gasteiger partial charge >= 0.3 is 5.97 Å². The van der Waals surface area contributed by atoms with Gasteiger partial charge < -0.3 is 9.84 Å². The van der Waals surface area contributed by atoms with Crippen LogP contribution >= 0.6 is 0 Å². The number of aliphatic hydroxyl groups is 1. The van der Waals surface area contributed by atoms with Crippen molar-refractivity contribution in [2.75, 3.05) is 0 Å². The fraction of sp³-hybridized carbons (Fsp3) is 0.957. The van der Waals surface area contributed by atoms with Crippen molar-refractivity contribution in [3.8, 4) is 0 Å². The lowest BCUT2D eigenvalue weighted by Gasteiger charge is -2.61. The van der Waals surface area contributed by atoms with E-state index in [1.165, 1.54) is 44.9 Å². The van der Waals surface area contributed by atoms with Crippen LogP contribution in [0.5, 0.6) is 0 Å². The summed E-state index contributed by atoms with van der Waals surface area (Å²) in [7, 11) is 0. The van der Waals surface area contributed by atoms with Gasteiger partial charge in [0.05, 0.1) is 6.10 Å². The maximum Gasteiger partial charge on any atom is 0.302 e. The van der Waals surface area contributed by atoms with Gasteiger partial charge in [-0.25, -0.2) is 0 Å². The molecule has 4 rings (SSSR count). The molecular weight excluding hydrogens is 324 g/mol. The average molecular weight is 363 g/mol. The SMILES string of the molecule is CC(=O)O[C@H](C)[C@@H]1CC[C@@H]2[C@H]3CC[C@H]4C[C@@H](O)CC[C@]4(C)[C@@H]3CC[C@@]21C. The lowest BCUT2D eigenvalue weighted by Crippen LogP contribution is -2.54. The highest BCUT2D eigenvalue weighted by molar-refractivity contribution is 5.66. The molecule has 0 aromatic rings. The highest BCUT2D eigenvalue weighted by Gasteiger charge is 2.60. The van der Waals surface area contributed by atoms with Crippen LogP contribution in [0.4, 0.5) is 0 Å². The van der Waals surface area contributed by atoms with Gasteiger partial charge in [-0.05, 0) is 99.2 Å². The molecule has 1 N–H and O–H groups in total. The Morgan fingerprint density at radius 1 is 1.00 bits per heavy atom. The minimum absolute atomic E-state index is 0.0517. The van der Waals surface area contributed by atoms with Gasteiger partial charge in [0.25, 0.3) is 0 Å². The smallest absolute Gasteiger partial charge is 0.302 e.